The van der Waals surface area contributed by atoms with Crippen molar-refractivity contribution in [2.24, 2.45) is 0 Å². The van der Waals surface area contributed by atoms with Gasteiger partial charge < -0.3 is 9.80 Å². The highest BCUT2D eigenvalue weighted by molar-refractivity contribution is 5.08. The van der Waals surface area contributed by atoms with Crippen LogP contribution in [0, 0.1) is 0 Å². The van der Waals surface area contributed by atoms with Gasteiger partial charge in [-0.1, -0.05) is 6.58 Å². The molecule has 0 aromatic carbocycles. The van der Waals surface area contributed by atoms with Crippen LogP contribution < -0.4 is 0 Å². The van der Waals surface area contributed by atoms with Gasteiger partial charge in [-0.3, -0.25) is 0 Å². The van der Waals surface area contributed by atoms with Crippen LogP contribution in [-0.2, 0) is 0 Å². The lowest BCUT2D eigenvalue weighted by atomic mass is 10.6. The average Bonchev–Trinajstić information content (AvgIpc) is 2.15. The fourth-order valence-electron chi connectivity index (χ4n) is 0.843. The summed E-state index contributed by atoms with van der Waals surface area (Å²) in [5.41, 5.74) is 0. The Kier molecular flexibility index (Phi) is 1.47. The first-order valence-electron chi connectivity index (χ1n) is 3.12. The Labute approximate surface area is 56.1 Å². The van der Waals surface area contributed by atoms with E-state index in [9.17, 15) is 0 Å². The Bertz CT molecular complexity index is 149. The van der Waals surface area contributed by atoms with E-state index >= 15 is 0 Å². The quantitative estimate of drug-likeness (QED) is 0.518. The molecule has 0 amide bonds. The van der Waals surface area contributed by atoms with E-state index in [1.54, 1.807) is 0 Å². The molecule has 1 rings (SSSR count). The molecule has 0 bridgehead atoms. The highest BCUT2D eigenvalue weighted by atomic mass is 15.3. The second-order valence-corrected chi connectivity index (χ2v) is 2.11. The minimum atomic E-state index is 1.000. The van der Waals surface area contributed by atoms with Crippen LogP contribution in [0.25, 0.3) is 0 Å². The highest BCUT2D eigenvalue weighted by Crippen LogP contribution is 2.13. The van der Waals surface area contributed by atoms with Gasteiger partial charge in [0, 0.05) is 26.0 Å². The summed E-state index contributed by atoms with van der Waals surface area (Å²) >= 11 is 0. The predicted molar refractivity (Wildman–Crippen MR) is 38.4 cm³/mol. The first kappa shape index (κ1) is 6.20. The molecule has 1 aliphatic heterocycles. The van der Waals surface area contributed by atoms with Gasteiger partial charge >= 0.3 is 0 Å². The number of hydrogen-bond acceptors (Lipinski definition) is 2. The van der Waals surface area contributed by atoms with Crippen LogP contribution in [0.2, 0.25) is 0 Å². The molecule has 0 spiro atoms. The average molecular weight is 124 g/mol. The summed E-state index contributed by atoms with van der Waals surface area (Å²) in [6.45, 7) is 6.98. The molecule has 0 saturated heterocycles. The van der Waals surface area contributed by atoms with Crippen molar-refractivity contribution in [3.05, 3.63) is 24.8 Å². The molecule has 2 heteroatoms. The zero-order valence-electron chi connectivity index (χ0n) is 5.96. The van der Waals surface area contributed by atoms with Crippen LogP contribution in [0.3, 0.4) is 0 Å². The molecule has 0 atom stereocenters. The Morgan fingerprint density at radius 1 is 1.56 bits per heavy atom. The van der Waals surface area contributed by atoms with Gasteiger partial charge in [0.25, 0.3) is 0 Å². The second-order valence-electron chi connectivity index (χ2n) is 2.11. The van der Waals surface area contributed by atoms with Crippen LogP contribution in [0.5, 0.6) is 0 Å². The van der Waals surface area contributed by atoms with Crippen molar-refractivity contribution in [2.45, 2.75) is 6.92 Å². The summed E-state index contributed by atoms with van der Waals surface area (Å²) in [5.74, 6) is 1.05. The zero-order chi connectivity index (χ0) is 6.85. The summed E-state index contributed by atoms with van der Waals surface area (Å²) < 4.78 is 0. The third kappa shape index (κ3) is 0.922. The summed E-state index contributed by atoms with van der Waals surface area (Å²) in [7, 11) is 1.99. The topological polar surface area (TPSA) is 6.48 Å². The van der Waals surface area contributed by atoms with Crippen LogP contribution >= 0.6 is 0 Å². The van der Waals surface area contributed by atoms with Gasteiger partial charge in [-0.15, -0.1) is 0 Å². The monoisotopic (exact) mass is 124 g/mol. The van der Waals surface area contributed by atoms with Crippen molar-refractivity contribution in [2.75, 3.05) is 13.6 Å². The van der Waals surface area contributed by atoms with Gasteiger partial charge in [0.2, 0.25) is 0 Å². The Balaban J connectivity index is 2.62. The largest absolute Gasteiger partial charge is 0.337 e. The highest BCUT2D eigenvalue weighted by Gasteiger charge is 2.10. The first-order valence-corrected chi connectivity index (χ1v) is 3.12. The van der Waals surface area contributed by atoms with E-state index in [1.165, 1.54) is 0 Å². The predicted octanol–water partition coefficient (Wildman–Crippen LogP) is 1.20. The van der Waals surface area contributed by atoms with Gasteiger partial charge in [-0.2, -0.15) is 0 Å². The Morgan fingerprint density at radius 3 is 2.44 bits per heavy atom. The Morgan fingerprint density at radius 2 is 2.22 bits per heavy atom. The minimum Gasteiger partial charge on any atom is -0.337 e. The lowest BCUT2D eigenvalue weighted by Gasteiger charge is -2.18. The lowest BCUT2D eigenvalue weighted by molar-refractivity contribution is 0.411. The smallest absolute Gasteiger partial charge is 0.104 e. The van der Waals surface area contributed by atoms with Crippen molar-refractivity contribution < 1.29 is 0 Å². The molecular weight excluding hydrogens is 112 g/mol. The van der Waals surface area contributed by atoms with Crippen molar-refractivity contribution in [3.8, 4) is 0 Å². The van der Waals surface area contributed by atoms with E-state index in [-0.39, 0.29) is 0 Å². The van der Waals surface area contributed by atoms with Crippen molar-refractivity contribution >= 4 is 0 Å². The fraction of sp³-hybridized carbons (Fsp3) is 0.429. The van der Waals surface area contributed by atoms with Crippen LogP contribution in [0.1, 0.15) is 6.92 Å². The van der Waals surface area contributed by atoms with Crippen LogP contribution in [-0.4, -0.2) is 23.4 Å². The molecule has 0 radical (unpaired) electrons. The molecule has 1 aliphatic rings. The molecule has 0 unspecified atom stereocenters. The van der Waals surface area contributed by atoms with Gasteiger partial charge in [-0.25, -0.2) is 0 Å². The van der Waals surface area contributed by atoms with E-state index in [0.717, 1.165) is 12.4 Å². The Hall–Kier alpha value is -0.920. The third-order valence-corrected chi connectivity index (χ3v) is 1.55. The van der Waals surface area contributed by atoms with Gasteiger partial charge in [0.05, 0.1) is 0 Å². The molecule has 0 aromatic rings. The summed E-state index contributed by atoms with van der Waals surface area (Å²) in [6.07, 6.45) is 4.04. The van der Waals surface area contributed by atoms with E-state index in [1.807, 2.05) is 24.3 Å². The maximum absolute atomic E-state index is 3.88. The maximum atomic E-state index is 3.88. The molecule has 1 heterocycles. The molecule has 0 N–H and O–H groups in total. The molecular formula is C7H12N2. The van der Waals surface area contributed by atoms with Gasteiger partial charge in [-0.05, 0) is 6.92 Å². The molecule has 0 aromatic heterocycles. The van der Waals surface area contributed by atoms with Crippen LogP contribution in [0.4, 0.5) is 0 Å². The molecule has 9 heavy (non-hydrogen) atoms. The summed E-state index contributed by atoms with van der Waals surface area (Å²) in [6, 6.07) is 0. The minimum absolute atomic E-state index is 1.000. The molecule has 0 aliphatic carbocycles. The number of rotatable bonds is 1. The van der Waals surface area contributed by atoms with Gasteiger partial charge in [0.1, 0.15) is 5.82 Å². The number of hydrogen-bond donors (Lipinski definition) is 0. The van der Waals surface area contributed by atoms with Crippen molar-refractivity contribution in [1.29, 1.82) is 0 Å². The first-order chi connectivity index (χ1) is 4.25. The van der Waals surface area contributed by atoms with E-state index in [2.05, 4.69) is 18.4 Å². The fourth-order valence-corrected chi connectivity index (χ4v) is 0.843. The molecule has 0 fully saturated rings. The SMILES string of the molecule is C=C1N(C)C=CN1CC. The number of nitrogens with zero attached hydrogens (tertiary/aromatic N) is 2. The van der Waals surface area contributed by atoms with Gasteiger partial charge in [0.15, 0.2) is 0 Å². The molecule has 0 saturated carbocycles. The maximum Gasteiger partial charge on any atom is 0.104 e. The zero-order valence-corrected chi connectivity index (χ0v) is 5.96. The van der Waals surface area contributed by atoms with E-state index < -0.39 is 0 Å². The summed E-state index contributed by atoms with van der Waals surface area (Å²) in [5, 5.41) is 0. The van der Waals surface area contributed by atoms with E-state index in [0.29, 0.717) is 0 Å². The van der Waals surface area contributed by atoms with Crippen molar-refractivity contribution in [1.82, 2.24) is 9.80 Å². The standard InChI is InChI=1S/C7H12N2/c1-4-9-6-5-8(3)7(9)2/h5-6H,2,4H2,1,3H3. The normalized spacial score (nSPS) is 17.8. The van der Waals surface area contributed by atoms with Crippen molar-refractivity contribution in [3.63, 3.8) is 0 Å². The molecule has 2 nitrogen and oxygen atoms in total. The second kappa shape index (κ2) is 2.13. The third-order valence-electron chi connectivity index (χ3n) is 1.55. The summed E-state index contributed by atoms with van der Waals surface area (Å²) in [4.78, 5) is 4.10. The van der Waals surface area contributed by atoms with E-state index in [4.69, 9.17) is 0 Å². The van der Waals surface area contributed by atoms with Crippen LogP contribution in [0.15, 0.2) is 24.8 Å². The molecule has 50 valence electrons. The lowest BCUT2D eigenvalue weighted by Crippen LogP contribution is -2.18.